The predicted molar refractivity (Wildman–Crippen MR) is 173 cm³/mol. The Morgan fingerprint density at radius 1 is 1.02 bits per heavy atom. The summed E-state index contributed by atoms with van der Waals surface area (Å²) in [5.41, 5.74) is 2.06. The van der Waals surface area contributed by atoms with Crippen LogP contribution in [0.15, 0.2) is 60.7 Å². The molecule has 4 heterocycles. The highest BCUT2D eigenvalue weighted by molar-refractivity contribution is 7.18. The lowest BCUT2D eigenvalue weighted by Gasteiger charge is -2.22. The van der Waals surface area contributed by atoms with Gasteiger partial charge in [-0.2, -0.15) is 0 Å². The van der Waals surface area contributed by atoms with Crippen molar-refractivity contribution in [2.24, 2.45) is 0 Å². The average molecular weight is 645 g/mol. The van der Waals surface area contributed by atoms with Gasteiger partial charge in [-0.3, -0.25) is 14.4 Å². The van der Waals surface area contributed by atoms with Crippen molar-refractivity contribution in [3.8, 4) is 23.0 Å². The maximum atomic E-state index is 13.5. The van der Waals surface area contributed by atoms with Crippen LogP contribution in [0.3, 0.4) is 0 Å². The SMILES string of the molecule is COc1cc2cc(c1)C(=O)N[C@H]1CN(C(=O)CCCCc3nc4ccccc4s3)C[C@@H]1Oc1ccc(c(OC)c1)CNC(=O)CO2. The van der Waals surface area contributed by atoms with Crippen molar-refractivity contribution in [1.82, 2.24) is 20.5 Å². The van der Waals surface area contributed by atoms with Crippen LogP contribution in [0.4, 0.5) is 0 Å². The molecule has 12 heteroatoms. The first kappa shape index (κ1) is 31.2. The van der Waals surface area contributed by atoms with E-state index >= 15 is 0 Å². The number of hydrogen-bond acceptors (Lipinski definition) is 9. The van der Waals surface area contributed by atoms with E-state index in [0.717, 1.165) is 35.4 Å². The van der Waals surface area contributed by atoms with Crippen LogP contribution in [0.25, 0.3) is 10.2 Å². The highest BCUT2D eigenvalue weighted by atomic mass is 32.1. The van der Waals surface area contributed by atoms with Crippen LogP contribution in [-0.4, -0.2) is 73.7 Å². The van der Waals surface area contributed by atoms with E-state index < -0.39 is 12.1 Å². The number of aryl methyl sites for hydroxylation is 1. The third kappa shape index (κ3) is 7.34. The second kappa shape index (κ2) is 14.1. The second-order valence-electron chi connectivity index (χ2n) is 11.3. The standard InChI is InChI=1S/C34H36N4O7S/c1-42-24-13-22-14-25(15-24)44-20-31(39)35-17-21-11-12-23(16-28(21)43-2)45-29-19-38(18-27(29)37-34(22)41)33(40)10-6-5-9-32-36-26-7-3-4-8-30(26)46-32/h3-4,7-8,11-16,27,29H,5-6,9-10,17-20H2,1-2H3,(H,35,39)(H,37,41)/t27-,29-/m0/s1. The minimum absolute atomic E-state index is 0.0116. The first-order valence-electron chi connectivity index (χ1n) is 15.2. The molecule has 0 radical (unpaired) electrons. The molecule has 1 saturated heterocycles. The lowest BCUT2D eigenvalue weighted by atomic mass is 10.1. The van der Waals surface area contributed by atoms with E-state index in [1.165, 1.54) is 11.8 Å². The maximum absolute atomic E-state index is 13.5. The van der Waals surface area contributed by atoms with Crippen LogP contribution in [0.2, 0.25) is 0 Å². The third-order valence-corrected chi connectivity index (χ3v) is 9.17. The van der Waals surface area contributed by atoms with Gasteiger partial charge < -0.3 is 34.5 Å². The lowest BCUT2D eigenvalue weighted by molar-refractivity contribution is -0.130. The van der Waals surface area contributed by atoms with Crippen LogP contribution < -0.4 is 29.6 Å². The molecule has 11 nitrogen and oxygen atoms in total. The number of aromatic nitrogens is 1. The molecule has 0 spiro atoms. The molecular formula is C34H36N4O7S. The molecule has 3 aromatic carbocycles. The van der Waals surface area contributed by atoms with Crippen molar-refractivity contribution in [1.29, 1.82) is 0 Å². The molecule has 240 valence electrons. The first-order valence-corrected chi connectivity index (χ1v) is 16.1. The summed E-state index contributed by atoms with van der Waals surface area (Å²) in [5, 5.41) is 6.96. The fourth-order valence-electron chi connectivity index (χ4n) is 5.64. The zero-order chi connectivity index (χ0) is 32.0. The number of unbranched alkanes of at least 4 members (excludes halogenated alkanes) is 1. The van der Waals surface area contributed by atoms with Crippen molar-refractivity contribution in [2.45, 2.75) is 44.4 Å². The number of nitrogens with one attached hydrogen (secondary N) is 2. The normalized spacial score (nSPS) is 18.2. The highest BCUT2D eigenvalue weighted by Crippen LogP contribution is 2.29. The molecule has 2 atom stereocenters. The largest absolute Gasteiger partial charge is 0.497 e. The number of amides is 3. The number of methoxy groups -OCH3 is 2. The number of fused-ring (bicyclic) bond motifs is 8. The smallest absolute Gasteiger partial charge is 0.258 e. The number of ether oxygens (including phenoxy) is 4. The Bertz CT molecular complexity index is 1710. The van der Waals surface area contributed by atoms with Crippen LogP contribution in [0, 0.1) is 0 Å². The molecule has 4 aromatic rings. The molecule has 3 aliphatic heterocycles. The van der Waals surface area contributed by atoms with Crippen LogP contribution >= 0.6 is 11.3 Å². The molecule has 4 bridgehead atoms. The summed E-state index contributed by atoms with van der Waals surface area (Å²) >= 11 is 1.69. The van der Waals surface area contributed by atoms with Gasteiger partial charge in [0.15, 0.2) is 6.61 Å². The van der Waals surface area contributed by atoms with Crippen molar-refractivity contribution in [3.63, 3.8) is 0 Å². The Balaban J connectivity index is 1.17. The van der Waals surface area contributed by atoms with Gasteiger partial charge in [0.05, 0.1) is 42.0 Å². The van der Waals surface area contributed by atoms with Crippen molar-refractivity contribution >= 4 is 39.3 Å². The lowest BCUT2D eigenvalue weighted by Crippen LogP contribution is -2.45. The monoisotopic (exact) mass is 644 g/mol. The number of rotatable bonds is 7. The Morgan fingerprint density at radius 3 is 2.72 bits per heavy atom. The summed E-state index contributed by atoms with van der Waals surface area (Å²) in [6.45, 7) is 0.588. The average Bonchev–Trinajstić information content (AvgIpc) is 3.67. The van der Waals surface area contributed by atoms with E-state index in [4.69, 9.17) is 23.9 Å². The van der Waals surface area contributed by atoms with Crippen LogP contribution in [0.1, 0.15) is 40.2 Å². The Hall–Kier alpha value is -4.84. The van der Waals surface area contributed by atoms with Gasteiger partial charge in [-0.1, -0.05) is 12.1 Å². The van der Waals surface area contributed by atoms with Gasteiger partial charge in [0, 0.05) is 42.8 Å². The second-order valence-corrected chi connectivity index (χ2v) is 12.4. The molecule has 0 aliphatic carbocycles. The molecule has 1 aromatic heterocycles. The molecule has 0 unspecified atom stereocenters. The molecule has 7 rings (SSSR count). The van der Waals surface area contributed by atoms with Gasteiger partial charge in [0.25, 0.3) is 11.8 Å². The molecule has 0 saturated carbocycles. The van der Waals surface area contributed by atoms with Crippen LogP contribution in [-0.2, 0) is 22.6 Å². The zero-order valence-corrected chi connectivity index (χ0v) is 26.6. The molecular weight excluding hydrogens is 608 g/mol. The fraction of sp³-hybridized carbons (Fsp3) is 0.353. The van der Waals surface area contributed by atoms with Gasteiger partial charge >= 0.3 is 0 Å². The number of hydrogen-bond donors (Lipinski definition) is 2. The summed E-state index contributed by atoms with van der Waals surface area (Å²) in [6, 6.07) is 17.7. The Kier molecular flexibility index (Phi) is 9.53. The van der Waals surface area contributed by atoms with Gasteiger partial charge in [-0.25, -0.2) is 4.98 Å². The van der Waals surface area contributed by atoms with Crippen molar-refractivity contribution in [3.05, 3.63) is 76.8 Å². The number of likely N-dealkylation sites (tertiary alicyclic amines) is 1. The predicted octanol–water partition coefficient (Wildman–Crippen LogP) is 4.12. The number of nitrogens with zero attached hydrogens (tertiary/aromatic N) is 2. The highest BCUT2D eigenvalue weighted by Gasteiger charge is 2.38. The van der Waals surface area contributed by atoms with Crippen LogP contribution in [0.5, 0.6) is 23.0 Å². The minimum Gasteiger partial charge on any atom is -0.497 e. The summed E-state index contributed by atoms with van der Waals surface area (Å²) in [6.07, 6.45) is 2.29. The summed E-state index contributed by atoms with van der Waals surface area (Å²) < 4.78 is 24.2. The summed E-state index contributed by atoms with van der Waals surface area (Å²) in [7, 11) is 3.04. The fourth-order valence-corrected chi connectivity index (χ4v) is 6.65. The molecule has 2 N–H and O–H groups in total. The van der Waals surface area contributed by atoms with E-state index in [1.807, 2.05) is 24.3 Å². The number of benzene rings is 3. The van der Waals surface area contributed by atoms with Crippen molar-refractivity contribution < 1.29 is 33.3 Å². The molecule has 46 heavy (non-hydrogen) atoms. The topological polar surface area (TPSA) is 128 Å². The van der Waals surface area contributed by atoms with E-state index in [1.54, 1.807) is 53.7 Å². The number of para-hydroxylation sites is 1. The van der Waals surface area contributed by atoms with Crippen molar-refractivity contribution in [2.75, 3.05) is 33.9 Å². The van der Waals surface area contributed by atoms with Gasteiger partial charge in [0.2, 0.25) is 5.91 Å². The van der Waals surface area contributed by atoms with E-state index in [2.05, 4.69) is 16.7 Å². The zero-order valence-electron chi connectivity index (χ0n) is 25.7. The third-order valence-electron chi connectivity index (χ3n) is 8.07. The number of thiazole rings is 1. The molecule has 1 fully saturated rings. The maximum Gasteiger partial charge on any atom is 0.258 e. The molecule has 3 aliphatic rings. The van der Waals surface area contributed by atoms with Gasteiger partial charge in [-0.05, 0) is 55.7 Å². The minimum atomic E-state index is -0.511. The molecule has 3 amide bonds. The van der Waals surface area contributed by atoms with E-state index in [9.17, 15) is 14.4 Å². The van der Waals surface area contributed by atoms with Gasteiger partial charge in [-0.15, -0.1) is 11.3 Å². The number of carbonyl (C=O) groups is 3. The quantitative estimate of drug-likeness (QED) is 0.288. The Labute approximate surface area is 270 Å². The summed E-state index contributed by atoms with van der Waals surface area (Å²) in [5.74, 6) is 1.08. The summed E-state index contributed by atoms with van der Waals surface area (Å²) in [4.78, 5) is 45.9. The van der Waals surface area contributed by atoms with E-state index in [0.29, 0.717) is 48.1 Å². The number of carbonyl (C=O) groups excluding carboxylic acids is 3. The van der Waals surface area contributed by atoms with E-state index in [-0.39, 0.29) is 30.9 Å². The Morgan fingerprint density at radius 2 is 1.89 bits per heavy atom. The van der Waals surface area contributed by atoms with Gasteiger partial charge in [0.1, 0.15) is 29.1 Å². The first-order chi connectivity index (χ1) is 22.4.